The average molecular weight is 194 g/mol. The molecule has 0 aromatic heterocycles. The van der Waals surface area contributed by atoms with Crippen molar-refractivity contribution in [3.05, 3.63) is 24.0 Å². The van der Waals surface area contributed by atoms with Gasteiger partial charge in [-0.25, -0.2) is 0 Å². The molecule has 0 aromatic rings. The topological polar surface area (TPSA) is 76.1 Å². The minimum Gasteiger partial charge on any atom is -0.385 e. The molecule has 1 fully saturated rings. The third kappa shape index (κ3) is 1.76. The normalized spacial score (nSPS) is 37.5. The van der Waals surface area contributed by atoms with Crippen LogP contribution in [0.1, 0.15) is 12.8 Å². The van der Waals surface area contributed by atoms with Gasteiger partial charge in [-0.05, 0) is 31.5 Å². The fraction of sp³-hybridized carbons (Fsp3) is 0.600. The molecular formula is C10H18N4. The van der Waals surface area contributed by atoms with Crippen LogP contribution in [0.3, 0.4) is 0 Å². The summed E-state index contributed by atoms with van der Waals surface area (Å²) in [6, 6.07) is 0. The molecule has 2 rings (SSSR count). The number of piperidine rings is 1. The number of nitrogens with two attached hydrogens (primary N) is 2. The van der Waals surface area contributed by atoms with E-state index in [1.54, 1.807) is 0 Å². The van der Waals surface area contributed by atoms with E-state index >= 15 is 0 Å². The van der Waals surface area contributed by atoms with E-state index < -0.39 is 5.66 Å². The summed E-state index contributed by atoms with van der Waals surface area (Å²) in [4.78, 5) is 0. The van der Waals surface area contributed by atoms with Crippen molar-refractivity contribution in [1.29, 1.82) is 0 Å². The first-order valence-electron chi connectivity index (χ1n) is 5.13. The van der Waals surface area contributed by atoms with Crippen molar-refractivity contribution >= 4 is 0 Å². The van der Waals surface area contributed by atoms with Crippen molar-refractivity contribution < 1.29 is 0 Å². The second-order valence-electron chi connectivity index (χ2n) is 4.08. The average Bonchev–Trinajstić information content (AvgIpc) is 2.19. The molecule has 0 saturated carbocycles. The Balaban J connectivity index is 2.08. The van der Waals surface area contributed by atoms with Gasteiger partial charge in [0, 0.05) is 12.5 Å². The third-order valence-corrected chi connectivity index (χ3v) is 2.98. The Morgan fingerprint density at radius 2 is 2.36 bits per heavy atom. The van der Waals surface area contributed by atoms with Crippen LogP contribution in [-0.2, 0) is 0 Å². The summed E-state index contributed by atoms with van der Waals surface area (Å²) < 4.78 is 0. The zero-order valence-corrected chi connectivity index (χ0v) is 8.29. The fourth-order valence-corrected chi connectivity index (χ4v) is 2.14. The maximum Gasteiger partial charge on any atom is 0.110 e. The lowest BCUT2D eigenvalue weighted by Crippen LogP contribution is -2.61. The van der Waals surface area contributed by atoms with Crippen LogP contribution < -0.4 is 22.1 Å². The first kappa shape index (κ1) is 9.55. The van der Waals surface area contributed by atoms with E-state index in [4.69, 9.17) is 11.5 Å². The lowest BCUT2D eigenvalue weighted by molar-refractivity contribution is 0.234. The Kier molecular flexibility index (Phi) is 2.48. The molecule has 2 heterocycles. The van der Waals surface area contributed by atoms with Gasteiger partial charge in [-0.1, -0.05) is 6.08 Å². The maximum absolute atomic E-state index is 6.27. The summed E-state index contributed by atoms with van der Waals surface area (Å²) in [6.45, 7) is 2.06. The van der Waals surface area contributed by atoms with Crippen LogP contribution in [0.25, 0.3) is 0 Å². The highest BCUT2D eigenvalue weighted by molar-refractivity contribution is 5.23. The monoisotopic (exact) mass is 194 g/mol. The Morgan fingerprint density at radius 3 is 3.00 bits per heavy atom. The maximum atomic E-state index is 6.27. The second-order valence-corrected chi connectivity index (χ2v) is 4.08. The predicted octanol–water partition coefficient (Wildman–Crippen LogP) is -0.399. The third-order valence-electron chi connectivity index (χ3n) is 2.98. The number of rotatable bonds is 1. The number of hydrogen-bond acceptors (Lipinski definition) is 4. The Labute approximate surface area is 84.4 Å². The first-order chi connectivity index (χ1) is 6.71. The molecule has 0 aromatic carbocycles. The molecule has 0 amide bonds. The Hall–Kier alpha value is -1.00. The largest absolute Gasteiger partial charge is 0.385 e. The lowest BCUT2D eigenvalue weighted by Gasteiger charge is -2.40. The summed E-state index contributed by atoms with van der Waals surface area (Å²) in [6.07, 6.45) is 8.10. The van der Waals surface area contributed by atoms with E-state index in [1.165, 1.54) is 6.42 Å². The molecule has 0 spiro atoms. The Bertz CT molecular complexity index is 265. The van der Waals surface area contributed by atoms with Crippen LogP contribution in [0.15, 0.2) is 24.0 Å². The van der Waals surface area contributed by atoms with Crippen molar-refractivity contribution in [2.24, 2.45) is 17.4 Å². The highest BCUT2D eigenvalue weighted by Gasteiger charge is 2.34. The van der Waals surface area contributed by atoms with E-state index in [2.05, 4.69) is 10.6 Å². The standard InChI is InChI=1S/C10H18N4/c11-9-4-1-5-10(12,14-9)8-3-2-6-13-7-8/h1,4-5,8,13-14H,2-3,6-7,11-12H2. The van der Waals surface area contributed by atoms with E-state index in [0.717, 1.165) is 19.5 Å². The van der Waals surface area contributed by atoms with Crippen LogP contribution in [0.2, 0.25) is 0 Å². The molecule has 14 heavy (non-hydrogen) atoms. The van der Waals surface area contributed by atoms with Gasteiger partial charge in [0.15, 0.2) is 0 Å². The number of dihydropyridines is 1. The molecule has 6 N–H and O–H groups in total. The molecule has 1 saturated heterocycles. The smallest absolute Gasteiger partial charge is 0.110 e. The summed E-state index contributed by atoms with van der Waals surface area (Å²) in [5.74, 6) is 1.07. The minimum atomic E-state index is -0.466. The van der Waals surface area contributed by atoms with E-state index in [1.807, 2.05) is 18.2 Å². The van der Waals surface area contributed by atoms with Gasteiger partial charge >= 0.3 is 0 Å². The highest BCUT2D eigenvalue weighted by Crippen LogP contribution is 2.23. The molecule has 78 valence electrons. The number of nitrogens with one attached hydrogen (secondary N) is 2. The van der Waals surface area contributed by atoms with Gasteiger partial charge in [-0.15, -0.1) is 0 Å². The van der Waals surface area contributed by atoms with E-state index in [0.29, 0.717) is 11.7 Å². The quantitative estimate of drug-likeness (QED) is 0.458. The van der Waals surface area contributed by atoms with Crippen LogP contribution in [0.4, 0.5) is 0 Å². The molecule has 0 aliphatic carbocycles. The van der Waals surface area contributed by atoms with Gasteiger partial charge in [0.25, 0.3) is 0 Å². The van der Waals surface area contributed by atoms with Crippen molar-refractivity contribution in [2.45, 2.75) is 18.5 Å². The SMILES string of the molecule is NC1=CC=CC(N)(C2CCCNC2)N1. The van der Waals surface area contributed by atoms with Crippen LogP contribution >= 0.6 is 0 Å². The van der Waals surface area contributed by atoms with Gasteiger partial charge in [-0.3, -0.25) is 0 Å². The molecule has 4 heteroatoms. The highest BCUT2D eigenvalue weighted by atomic mass is 15.2. The van der Waals surface area contributed by atoms with Gasteiger partial charge in [0.2, 0.25) is 0 Å². The van der Waals surface area contributed by atoms with E-state index in [-0.39, 0.29) is 0 Å². The van der Waals surface area contributed by atoms with Crippen LogP contribution in [0, 0.1) is 5.92 Å². The van der Waals surface area contributed by atoms with Crippen molar-refractivity contribution in [1.82, 2.24) is 10.6 Å². The minimum absolute atomic E-state index is 0.416. The molecular weight excluding hydrogens is 176 g/mol. The van der Waals surface area contributed by atoms with Gasteiger partial charge in [0.1, 0.15) is 5.66 Å². The number of allylic oxidation sites excluding steroid dienone is 2. The van der Waals surface area contributed by atoms with Crippen molar-refractivity contribution in [2.75, 3.05) is 13.1 Å². The summed E-state index contributed by atoms with van der Waals surface area (Å²) in [7, 11) is 0. The Morgan fingerprint density at radius 1 is 1.50 bits per heavy atom. The molecule has 2 aliphatic heterocycles. The van der Waals surface area contributed by atoms with Gasteiger partial charge in [-0.2, -0.15) is 0 Å². The molecule has 2 atom stereocenters. The van der Waals surface area contributed by atoms with Crippen LogP contribution in [0.5, 0.6) is 0 Å². The number of hydrogen-bond donors (Lipinski definition) is 4. The summed E-state index contributed by atoms with van der Waals surface area (Å²) >= 11 is 0. The van der Waals surface area contributed by atoms with Crippen LogP contribution in [-0.4, -0.2) is 18.8 Å². The van der Waals surface area contributed by atoms with E-state index in [9.17, 15) is 0 Å². The summed E-state index contributed by atoms with van der Waals surface area (Å²) in [5.41, 5.74) is 11.5. The van der Waals surface area contributed by atoms with Crippen molar-refractivity contribution in [3.8, 4) is 0 Å². The summed E-state index contributed by atoms with van der Waals surface area (Å²) in [5, 5.41) is 6.51. The zero-order chi connectivity index (χ0) is 10.0. The molecule has 0 bridgehead atoms. The van der Waals surface area contributed by atoms with Gasteiger partial charge in [0.05, 0.1) is 5.82 Å². The zero-order valence-electron chi connectivity index (χ0n) is 8.29. The second kappa shape index (κ2) is 3.63. The molecule has 0 radical (unpaired) electrons. The lowest BCUT2D eigenvalue weighted by atomic mass is 9.85. The fourth-order valence-electron chi connectivity index (χ4n) is 2.14. The molecule has 2 unspecified atom stereocenters. The molecule has 4 nitrogen and oxygen atoms in total. The van der Waals surface area contributed by atoms with Gasteiger partial charge < -0.3 is 22.1 Å². The first-order valence-corrected chi connectivity index (χ1v) is 5.13. The predicted molar refractivity (Wildman–Crippen MR) is 57.1 cm³/mol. The van der Waals surface area contributed by atoms with Crippen molar-refractivity contribution in [3.63, 3.8) is 0 Å². The molecule has 2 aliphatic rings.